The lowest BCUT2D eigenvalue weighted by atomic mass is 9.84. The van der Waals surface area contributed by atoms with Gasteiger partial charge < -0.3 is 14.6 Å². The molecule has 2 aromatic rings. The molecule has 0 aliphatic carbocycles. The van der Waals surface area contributed by atoms with E-state index in [1.807, 2.05) is 0 Å². The summed E-state index contributed by atoms with van der Waals surface area (Å²) >= 11 is 0. The van der Waals surface area contributed by atoms with E-state index >= 15 is 0 Å². The molecule has 22 heavy (non-hydrogen) atoms. The van der Waals surface area contributed by atoms with Crippen LogP contribution < -0.4 is 5.32 Å². The Morgan fingerprint density at radius 1 is 1.36 bits per heavy atom. The maximum Gasteiger partial charge on any atom is 0.251 e. The lowest BCUT2D eigenvalue weighted by molar-refractivity contribution is 0.0620. The number of carbonyl (C=O) groups is 1. The molecule has 1 amide bonds. The van der Waals surface area contributed by atoms with Gasteiger partial charge in [-0.3, -0.25) is 4.79 Å². The molecule has 3 saturated heterocycles. The van der Waals surface area contributed by atoms with Gasteiger partial charge in [0.25, 0.3) is 5.91 Å². The first kappa shape index (κ1) is 13.4. The Morgan fingerprint density at radius 3 is 2.86 bits per heavy atom. The second-order valence-corrected chi connectivity index (χ2v) is 6.19. The largest absolute Gasteiger partial charge is 0.463 e. The number of nitrogens with one attached hydrogen (secondary N) is 1. The Morgan fingerprint density at radius 2 is 2.18 bits per heavy atom. The van der Waals surface area contributed by atoms with Gasteiger partial charge in [-0.25, -0.2) is 0 Å². The van der Waals surface area contributed by atoms with Crippen molar-refractivity contribution < 1.29 is 9.21 Å². The third-order valence-corrected chi connectivity index (χ3v) is 4.93. The average Bonchev–Trinajstić information content (AvgIpc) is 2.98. The highest BCUT2D eigenvalue weighted by atomic mass is 16.3. The fourth-order valence-corrected chi connectivity index (χ4v) is 3.64. The van der Waals surface area contributed by atoms with Crippen LogP contribution in [0.1, 0.15) is 28.8 Å². The van der Waals surface area contributed by atoms with Gasteiger partial charge in [-0.15, -0.1) is 0 Å². The number of nitriles is 1. The highest BCUT2D eigenvalue weighted by molar-refractivity contribution is 5.99. The molecule has 4 heterocycles. The number of rotatable bonds is 2. The number of carbonyl (C=O) groups excluding carboxylic acids is 1. The van der Waals surface area contributed by atoms with Gasteiger partial charge in [0.1, 0.15) is 17.9 Å². The molecule has 0 saturated carbocycles. The number of hydrogen-bond donors (Lipinski definition) is 1. The van der Waals surface area contributed by atoms with Crippen LogP contribution in [0.5, 0.6) is 0 Å². The Labute approximate surface area is 128 Å². The monoisotopic (exact) mass is 295 g/mol. The molecule has 0 spiro atoms. The number of benzene rings is 1. The topological polar surface area (TPSA) is 69.3 Å². The van der Waals surface area contributed by atoms with E-state index in [2.05, 4.69) is 16.3 Å². The summed E-state index contributed by atoms with van der Waals surface area (Å²) in [7, 11) is 0. The van der Waals surface area contributed by atoms with E-state index in [1.165, 1.54) is 19.1 Å². The number of furan rings is 1. The minimum Gasteiger partial charge on any atom is -0.463 e. The molecule has 5 nitrogen and oxygen atoms in total. The molecule has 0 radical (unpaired) electrons. The molecule has 3 aliphatic heterocycles. The predicted molar refractivity (Wildman–Crippen MR) is 81.3 cm³/mol. The first-order valence-electron chi connectivity index (χ1n) is 7.69. The third kappa shape index (κ3) is 2.16. The molecule has 2 bridgehead atoms. The van der Waals surface area contributed by atoms with Crippen molar-refractivity contribution >= 4 is 16.9 Å². The summed E-state index contributed by atoms with van der Waals surface area (Å²) in [6.07, 6.45) is 3.77. The summed E-state index contributed by atoms with van der Waals surface area (Å²) in [6, 6.07) is 7.58. The van der Waals surface area contributed by atoms with Crippen molar-refractivity contribution in [2.24, 2.45) is 5.92 Å². The highest BCUT2D eigenvalue weighted by Gasteiger charge is 2.34. The van der Waals surface area contributed by atoms with Crippen molar-refractivity contribution in [2.75, 3.05) is 19.6 Å². The maximum absolute atomic E-state index is 12.5. The fraction of sp³-hybridized carbons (Fsp3) is 0.412. The molecule has 1 N–H and O–H groups in total. The second kappa shape index (κ2) is 5.15. The van der Waals surface area contributed by atoms with Crippen molar-refractivity contribution in [2.45, 2.75) is 18.9 Å². The highest BCUT2D eigenvalue weighted by Crippen LogP contribution is 2.28. The minimum absolute atomic E-state index is 0.0641. The van der Waals surface area contributed by atoms with E-state index < -0.39 is 0 Å². The van der Waals surface area contributed by atoms with Crippen molar-refractivity contribution in [3.8, 4) is 6.07 Å². The van der Waals surface area contributed by atoms with Gasteiger partial charge in [0.15, 0.2) is 0 Å². The van der Waals surface area contributed by atoms with Gasteiger partial charge in [0, 0.05) is 23.5 Å². The third-order valence-electron chi connectivity index (χ3n) is 4.93. The van der Waals surface area contributed by atoms with Crippen LogP contribution in [0.4, 0.5) is 0 Å². The number of piperidine rings is 3. The fourth-order valence-electron chi connectivity index (χ4n) is 3.64. The predicted octanol–water partition coefficient (Wildman–Crippen LogP) is 2.13. The van der Waals surface area contributed by atoms with E-state index in [9.17, 15) is 4.79 Å². The molecule has 5 rings (SSSR count). The Balaban J connectivity index is 1.56. The maximum atomic E-state index is 12.5. The van der Waals surface area contributed by atoms with Crippen molar-refractivity contribution in [1.82, 2.24) is 10.2 Å². The summed E-state index contributed by atoms with van der Waals surface area (Å²) in [5, 5.41) is 12.9. The molecule has 1 unspecified atom stereocenters. The van der Waals surface area contributed by atoms with Crippen LogP contribution in [0.2, 0.25) is 0 Å². The van der Waals surface area contributed by atoms with Crippen molar-refractivity contribution in [3.63, 3.8) is 0 Å². The lowest BCUT2D eigenvalue weighted by Crippen LogP contribution is -2.57. The number of hydrogen-bond acceptors (Lipinski definition) is 4. The van der Waals surface area contributed by atoms with Crippen LogP contribution in [-0.2, 0) is 0 Å². The number of nitrogens with zero attached hydrogens (tertiary/aromatic N) is 2. The summed E-state index contributed by atoms with van der Waals surface area (Å²) in [4.78, 5) is 14.9. The van der Waals surface area contributed by atoms with E-state index in [1.54, 1.807) is 18.2 Å². The standard InChI is InChI=1S/C17H17N3O2/c18-8-13-10-22-16-2-1-12(7-14(13)16)17(21)19-15-9-20-5-3-11(15)4-6-20/h1-2,7,10-11,15H,3-6,9H2,(H,19,21). The zero-order chi connectivity index (χ0) is 15.1. The molecule has 5 heteroatoms. The summed E-state index contributed by atoms with van der Waals surface area (Å²) < 4.78 is 5.30. The van der Waals surface area contributed by atoms with Crippen molar-refractivity contribution in [3.05, 3.63) is 35.6 Å². The van der Waals surface area contributed by atoms with Crippen molar-refractivity contribution in [1.29, 1.82) is 5.26 Å². The van der Waals surface area contributed by atoms with Crippen LogP contribution in [0.15, 0.2) is 28.9 Å². The van der Waals surface area contributed by atoms with Gasteiger partial charge in [-0.2, -0.15) is 5.26 Å². The van der Waals surface area contributed by atoms with Gasteiger partial charge >= 0.3 is 0 Å². The lowest BCUT2D eigenvalue weighted by Gasteiger charge is -2.44. The van der Waals surface area contributed by atoms with E-state index in [-0.39, 0.29) is 11.9 Å². The quantitative estimate of drug-likeness (QED) is 0.921. The Bertz CT molecular complexity index is 766. The molecule has 1 atom stereocenters. The molecular formula is C17H17N3O2. The van der Waals surface area contributed by atoms with E-state index in [0.717, 1.165) is 19.6 Å². The summed E-state index contributed by atoms with van der Waals surface area (Å²) in [5.41, 5.74) is 1.69. The Hall–Kier alpha value is -2.32. The first-order valence-corrected chi connectivity index (χ1v) is 7.69. The summed E-state index contributed by atoms with van der Waals surface area (Å²) in [5.74, 6) is 0.534. The second-order valence-electron chi connectivity index (χ2n) is 6.19. The zero-order valence-electron chi connectivity index (χ0n) is 12.2. The number of amides is 1. The van der Waals surface area contributed by atoms with Gasteiger partial charge in [0.2, 0.25) is 0 Å². The van der Waals surface area contributed by atoms with Crippen LogP contribution in [0.3, 0.4) is 0 Å². The molecule has 3 fully saturated rings. The average molecular weight is 295 g/mol. The molecule has 1 aromatic carbocycles. The molecule has 112 valence electrons. The Kier molecular flexibility index (Phi) is 3.12. The van der Waals surface area contributed by atoms with Gasteiger partial charge in [-0.1, -0.05) is 0 Å². The van der Waals surface area contributed by atoms with Crippen LogP contribution >= 0.6 is 0 Å². The SMILES string of the molecule is N#Cc1coc2ccc(C(=O)NC3CN4CCC3CC4)cc12. The van der Waals surface area contributed by atoms with Crippen LogP contribution in [0, 0.1) is 17.2 Å². The number of fused-ring (bicyclic) bond motifs is 4. The van der Waals surface area contributed by atoms with Gasteiger partial charge in [-0.05, 0) is 50.0 Å². The van der Waals surface area contributed by atoms with Gasteiger partial charge in [0.05, 0.1) is 5.56 Å². The molecular weight excluding hydrogens is 278 g/mol. The smallest absolute Gasteiger partial charge is 0.251 e. The zero-order valence-corrected chi connectivity index (χ0v) is 12.2. The first-order chi connectivity index (χ1) is 10.7. The summed E-state index contributed by atoms with van der Waals surface area (Å²) in [6.45, 7) is 3.26. The minimum atomic E-state index is -0.0641. The molecule has 1 aromatic heterocycles. The van der Waals surface area contributed by atoms with Crippen LogP contribution in [-0.4, -0.2) is 36.5 Å². The molecule has 3 aliphatic rings. The van der Waals surface area contributed by atoms with Crippen LogP contribution in [0.25, 0.3) is 11.0 Å². The normalized spacial score (nSPS) is 26.8. The van der Waals surface area contributed by atoms with E-state index in [0.29, 0.717) is 28.0 Å². The van der Waals surface area contributed by atoms with E-state index in [4.69, 9.17) is 9.68 Å².